The highest BCUT2D eigenvalue weighted by Crippen LogP contribution is 2.26. The normalized spacial score (nSPS) is 15.8. The standard InChI is InChI=1S/C19H25N3O3/c1-19(2,3)17-21-16(22-25-17)13-8-7-11-15(12-13)24-18(23)20-14-9-5-4-6-10-14/h7-8,11-12,14H,4-6,9-10H2,1-3H3,(H,20,23). The Kier molecular flexibility index (Phi) is 5.06. The van der Waals surface area contributed by atoms with E-state index in [1.165, 1.54) is 6.42 Å². The molecule has 0 aliphatic heterocycles. The summed E-state index contributed by atoms with van der Waals surface area (Å²) in [6.45, 7) is 6.04. The molecule has 1 N–H and O–H groups in total. The molecule has 1 saturated carbocycles. The SMILES string of the molecule is CC(C)(C)c1nc(-c2cccc(OC(=O)NC3CCCCC3)c2)no1. The molecule has 6 heteroatoms. The zero-order valence-electron chi connectivity index (χ0n) is 15.0. The third kappa shape index (κ3) is 4.59. The minimum Gasteiger partial charge on any atom is -0.410 e. The summed E-state index contributed by atoms with van der Waals surface area (Å²) in [6.07, 6.45) is 5.20. The summed E-state index contributed by atoms with van der Waals surface area (Å²) < 4.78 is 10.7. The zero-order valence-corrected chi connectivity index (χ0v) is 15.0. The highest BCUT2D eigenvalue weighted by molar-refractivity contribution is 5.71. The number of nitrogens with one attached hydrogen (secondary N) is 1. The summed E-state index contributed by atoms with van der Waals surface area (Å²) in [7, 11) is 0. The van der Waals surface area contributed by atoms with E-state index in [9.17, 15) is 4.79 Å². The van der Waals surface area contributed by atoms with E-state index in [1.54, 1.807) is 12.1 Å². The van der Waals surface area contributed by atoms with E-state index in [-0.39, 0.29) is 11.5 Å². The minimum absolute atomic E-state index is 0.209. The lowest BCUT2D eigenvalue weighted by Gasteiger charge is -2.22. The Morgan fingerprint density at radius 1 is 1.24 bits per heavy atom. The molecule has 1 aromatic heterocycles. The van der Waals surface area contributed by atoms with Crippen molar-refractivity contribution in [2.45, 2.75) is 64.3 Å². The summed E-state index contributed by atoms with van der Waals surface area (Å²) in [6, 6.07) is 7.39. The van der Waals surface area contributed by atoms with Crippen molar-refractivity contribution in [1.29, 1.82) is 0 Å². The number of ether oxygens (including phenoxy) is 1. The van der Waals surface area contributed by atoms with Gasteiger partial charge in [0.1, 0.15) is 5.75 Å². The van der Waals surface area contributed by atoms with Gasteiger partial charge in [0.05, 0.1) is 0 Å². The van der Waals surface area contributed by atoms with Gasteiger partial charge in [0.2, 0.25) is 11.7 Å². The average molecular weight is 343 g/mol. The van der Waals surface area contributed by atoms with Gasteiger partial charge in [-0.2, -0.15) is 4.98 Å². The first-order valence-corrected chi connectivity index (χ1v) is 8.85. The molecule has 2 aromatic rings. The van der Waals surface area contributed by atoms with Crippen molar-refractivity contribution in [3.8, 4) is 17.1 Å². The topological polar surface area (TPSA) is 77.2 Å². The predicted octanol–water partition coefficient (Wildman–Crippen LogP) is 4.46. The highest BCUT2D eigenvalue weighted by atomic mass is 16.6. The van der Waals surface area contributed by atoms with Crippen LogP contribution >= 0.6 is 0 Å². The molecular formula is C19H25N3O3. The second-order valence-corrected chi connectivity index (χ2v) is 7.57. The highest BCUT2D eigenvalue weighted by Gasteiger charge is 2.22. The van der Waals surface area contributed by atoms with Gasteiger partial charge in [-0.1, -0.05) is 57.3 Å². The fourth-order valence-electron chi connectivity index (χ4n) is 2.89. The lowest BCUT2D eigenvalue weighted by atomic mass is 9.96. The Hall–Kier alpha value is -2.37. The first-order valence-electron chi connectivity index (χ1n) is 8.85. The number of nitrogens with zero attached hydrogens (tertiary/aromatic N) is 2. The van der Waals surface area contributed by atoms with Gasteiger partial charge in [-0.3, -0.25) is 0 Å². The van der Waals surface area contributed by atoms with Crippen LogP contribution in [-0.2, 0) is 5.41 Å². The van der Waals surface area contributed by atoms with Crippen molar-refractivity contribution in [3.05, 3.63) is 30.2 Å². The third-order valence-corrected chi connectivity index (χ3v) is 4.30. The van der Waals surface area contributed by atoms with E-state index < -0.39 is 6.09 Å². The molecule has 0 unspecified atom stereocenters. The van der Waals surface area contributed by atoms with E-state index in [1.807, 2.05) is 32.9 Å². The van der Waals surface area contributed by atoms with Gasteiger partial charge in [0, 0.05) is 17.0 Å². The monoisotopic (exact) mass is 343 g/mol. The van der Waals surface area contributed by atoms with Crippen LogP contribution in [0.5, 0.6) is 5.75 Å². The van der Waals surface area contributed by atoms with Gasteiger partial charge in [-0.25, -0.2) is 4.79 Å². The lowest BCUT2D eigenvalue weighted by molar-refractivity contribution is 0.192. The molecule has 6 nitrogen and oxygen atoms in total. The van der Waals surface area contributed by atoms with Crippen molar-refractivity contribution in [2.75, 3.05) is 0 Å². The van der Waals surface area contributed by atoms with Gasteiger partial charge < -0.3 is 14.6 Å². The van der Waals surface area contributed by atoms with E-state index in [0.717, 1.165) is 31.2 Å². The smallest absolute Gasteiger partial charge is 0.410 e. The fraction of sp³-hybridized carbons (Fsp3) is 0.526. The van der Waals surface area contributed by atoms with Crippen LogP contribution in [0.15, 0.2) is 28.8 Å². The Morgan fingerprint density at radius 2 is 2.00 bits per heavy atom. The molecule has 1 heterocycles. The van der Waals surface area contributed by atoms with Crippen LogP contribution in [0, 0.1) is 0 Å². The van der Waals surface area contributed by atoms with Crippen LogP contribution in [-0.4, -0.2) is 22.3 Å². The number of aromatic nitrogens is 2. The summed E-state index contributed by atoms with van der Waals surface area (Å²) in [4.78, 5) is 16.5. The van der Waals surface area contributed by atoms with Crippen molar-refractivity contribution in [2.24, 2.45) is 0 Å². The Labute approximate surface area is 148 Å². The van der Waals surface area contributed by atoms with E-state index in [0.29, 0.717) is 17.5 Å². The molecule has 3 rings (SSSR count). The summed E-state index contributed by atoms with van der Waals surface area (Å²) in [5.74, 6) is 1.53. The number of amides is 1. The minimum atomic E-state index is -0.410. The van der Waals surface area contributed by atoms with Crippen LogP contribution < -0.4 is 10.1 Å². The van der Waals surface area contributed by atoms with Gasteiger partial charge >= 0.3 is 6.09 Å². The molecule has 1 aliphatic carbocycles. The molecule has 1 amide bonds. The molecule has 0 saturated heterocycles. The van der Waals surface area contributed by atoms with Gasteiger partial charge in [0.15, 0.2) is 0 Å². The molecule has 0 atom stereocenters. The van der Waals surface area contributed by atoms with E-state index in [2.05, 4.69) is 15.5 Å². The number of benzene rings is 1. The Morgan fingerprint density at radius 3 is 2.68 bits per heavy atom. The maximum atomic E-state index is 12.1. The molecule has 1 fully saturated rings. The van der Waals surface area contributed by atoms with Crippen LogP contribution in [0.1, 0.15) is 58.8 Å². The van der Waals surface area contributed by atoms with Crippen LogP contribution in [0.4, 0.5) is 4.79 Å². The molecule has 1 aromatic carbocycles. The van der Waals surface area contributed by atoms with Gasteiger partial charge in [0.25, 0.3) is 0 Å². The second kappa shape index (κ2) is 7.25. The Balaban J connectivity index is 1.66. The van der Waals surface area contributed by atoms with Crippen LogP contribution in [0.2, 0.25) is 0 Å². The van der Waals surface area contributed by atoms with Gasteiger partial charge in [-0.15, -0.1) is 0 Å². The maximum Gasteiger partial charge on any atom is 0.412 e. The van der Waals surface area contributed by atoms with Crippen molar-refractivity contribution in [1.82, 2.24) is 15.5 Å². The third-order valence-electron chi connectivity index (χ3n) is 4.30. The van der Waals surface area contributed by atoms with Crippen LogP contribution in [0.25, 0.3) is 11.4 Å². The number of carbonyl (C=O) groups is 1. The molecule has 0 radical (unpaired) electrons. The molecule has 1 aliphatic rings. The number of hydrogen-bond donors (Lipinski definition) is 1. The largest absolute Gasteiger partial charge is 0.412 e. The first kappa shape index (κ1) is 17.5. The summed E-state index contributed by atoms with van der Waals surface area (Å²) in [5.41, 5.74) is 0.543. The average Bonchev–Trinajstić information content (AvgIpc) is 3.06. The molecular weight excluding hydrogens is 318 g/mol. The second-order valence-electron chi connectivity index (χ2n) is 7.57. The molecule has 0 bridgehead atoms. The fourth-order valence-corrected chi connectivity index (χ4v) is 2.89. The molecule has 134 valence electrons. The summed E-state index contributed by atoms with van der Waals surface area (Å²) in [5, 5.41) is 6.96. The summed E-state index contributed by atoms with van der Waals surface area (Å²) >= 11 is 0. The van der Waals surface area contributed by atoms with Crippen molar-refractivity contribution in [3.63, 3.8) is 0 Å². The number of rotatable bonds is 3. The maximum absolute atomic E-state index is 12.1. The van der Waals surface area contributed by atoms with Crippen molar-refractivity contribution >= 4 is 6.09 Å². The van der Waals surface area contributed by atoms with E-state index >= 15 is 0 Å². The Bertz CT molecular complexity index is 728. The number of carbonyl (C=O) groups excluding carboxylic acids is 1. The van der Waals surface area contributed by atoms with E-state index in [4.69, 9.17) is 9.26 Å². The molecule has 25 heavy (non-hydrogen) atoms. The lowest BCUT2D eigenvalue weighted by Crippen LogP contribution is -2.37. The quantitative estimate of drug-likeness (QED) is 0.890. The first-order chi connectivity index (χ1) is 11.9. The molecule has 0 spiro atoms. The predicted molar refractivity (Wildman–Crippen MR) is 94.5 cm³/mol. The number of hydrogen-bond acceptors (Lipinski definition) is 5. The van der Waals surface area contributed by atoms with Crippen molar-refractivity contribution < 1.29 is 14.1 Å². The van der Waals surface area contributed by atoms with Gasteiger partial charge in [-0.05, 0) is 25.0 Å². The zero-order chi connectivity index (χ0) is 17.9. The van der Waals surface area contributed by atoms with Crippen LogP contribution in [0.3, 0.4) is 0 Å².